The Kier molecular flexibility index (Phi) is 5.45. The van der Waals surface area contributed by atoms with Gasteiger partial charge in [-0.15, -0.1) is 18.2 Å². The van der Waals surface area contributed by atoms with Crippen LogP contribution in [0.2, 0.25) is 0 Å². The highest BCUT2D eigenvalue weighted by molar-refractivity contribution is 7.99. The number of hydrogen-bond acceptors (Lipinski definition) is 4. The minimum absolute atomic E-state index is 0.00766. The number of halogens is 1. The van der Waals surface area contributed by atoms with E-state index in [0.717, 1.165) is 0 Å². The molecule has 1 atom stereocenters. The van der Waals surface area contributed by atoms with Gasteiger partial charge in [0.15, 0.2) is 11.6 Å². The van der Waals surface area contributed by atoms with Crippen LogP contribution in [0.15, 0.2) is 24.4 Å². The molecule has 120 valence electrons. The number of amides is 1. The van der Waals surface area contributed by atoms with Crippen molar-refractivity contribution in [2.75, 3.05) is 6.26 Å². The minimum atomic E-state index is -0.840. The summed E-state index contributed by atoms with van der Waals surface area (Å²) < 4.78 is 19.7. The first kappa shape index (κ1) is 17.1. The molecule has 0 radical (unpaired) electrons. The first-order valence-electron chi connectivity index (χ1n) is 7.00. The summed E-state index contributed by atoms with van der Waals surface area (Å²) in [5, 5.41) is 3.40. The third-order valence-electron chi connectivity index (χ3n) is 2.99. The lowest BCUT2D eigenvalue weighted by Crippen LogP contribution is -2.39. The van der Waals surface area contributed by atoms with Gasteiger partial charge >= 0.3 is 0 Å². The standard InChI is InChI=1S/C17H17FN2O2S/c1-5-11-6-12-7-15(13(18)8-14(12)19-9-11)22-17(23-4)16(21)20-10(2)3/h1,6-10,17H,2-4H3,(H,20,21). The summed E-state index contributed by atoms with van der Waals surface area (Å²) in [5.41, 5.74) is 0.225. The molecule has 2 rings (SSSR count). The molecule has 1 heterocycles. The molecule has 0 bridgehead atoms. The minimum Gasteiger partial charge on any atom is -0.467 e. The summed E-state index contributed by atoms with van der Waals surface area (Å²) in [6.07, 6.45) is 8.57. The van der Waals surface area contributed by atoms with E-state index < -0.39 is 11.3 Å². The second-order valence-electron chi connectivity index (χ2n) is 5.19. The fourth-order valence-corrected chi connectivity index (χ4v) is 2.46. The number of nitrogens with zero attached hydrogens (tertiary/aromatic N) is 1. The normalized spacial score (nSPS) is 12.0. The number of hydrogen-bond donors (Lipinski definition) is 1. The number of terminal acetylenes is 1. The molecule has 1 N–H and O–H groups in total. The van der Waals surface area contributed by atoms with Crippen molar-refractivity contribution in [3.63, 3.8) is 0 Å². The Morgan fingerprint density at radius 2 is 2.17 bits per heavy atom. The van der Waals surface area contributed by atoms with Crippen molar-refractivity contribution in [2.24, 2.45) is 0 Å². The van der Waals surface area contributed by atoms with Gasteiger partial charge in [0.1, 0.15) is 0 Å². The molecule has 0 spiro atoms. The van der Waals surface area contributed by atoms with Gasteiger partial charge in [-0.3, -0.25) is 9.78 Å². The van der Waals surface area contributed by atoms with Crippen molar-refractivity contribution in [3.05, 3.63) is 35.8 Å². The monoisotopic (exact) mass is 332 g/mol. The van der Waals surface area contributed by atoms with E-state index in [-0.39, 0.29) is 17.7 Å². The van der Waals surface area contributed by atoms with Crippen LogP contribution in [-0.4, -0.2) is 28.6 Å². The molecule has 0 aliphatic rings. The van der Waals surface area contributed by atoms with Gasteiger partial charge < -0.3 is 10.1 Å². The van der Waals surface area contributed by atoms with E-state index in [1.54, 1.807) is 12.3 Å². The van der Waals surface area contributed by atoms with Gasteiger partial charge in [0.25, 0.3) is 5.91 Å². The van der Waals surface area contributed by atoms with Crippen molar-refractivity contribution < 1.29 is 13.9 Å². The maximum atomic E-state index is 14.2. The first-order valence-corrected chi connectivity index (χ1v) is 8.29. The smallest absolute Gasteiger partial charge is 0.271 e. The largest absolute Gasteiger partial charge is 0.467 e. The maximum absolute atomic E-state index is 14.2. The number of nitrogens with one attached hydrogen (secondary N) is 1. The average molecular weight is 332 g/mol. The Morgan fingerprint density at radius 1 is 1.43 bits per heavy atom. The van der Waals surface area contributed by atoms with Crippen LogP contribution in [0.25, 0.3) is 10.9 Å². The van der Waals surface area contributed by atoms with Crippen molar-refractivity contribution in [1.82, 2.24) is 10.3 Å². The topological polar surface area (TPSA) is 51.2 Å². The summed E-state index contributed by atoms with van der Waals surface area (Å²) in [5.74, 6) is 1.59. The van der Waals surface area contributed by atoms with E-state index in [4.69, 9.17) is 11.2 Å². The molecule has 1 aromatic heterocycles. The number of ether oxygens (including phenoxy) is 1. The molecule has 0 saturated carbocycles. The number of carbonyl (C=O) groups is 1. The van der Waals surface area contributed by atoms with Gasteiger partial charge in [-0.2, -0.15) is 0 Å². The third kappa shape index (κ3) is 4.14. The number of fused-ring (bicyclic) bond motifs is 1. The molecule has 4 nitrogen and oxygen atoms in total. The van der Waals surface area contributed by atoms with Gasteiger partial charge in [0, 0.05) is 29.3 Å². The van der Waals surface area contributed by atoms with Crippen LogP contribution in [0.3, 0.4) is 0 Å². The summed E-state index contributed by atoms with van der Waals surface area (Å²) in [4.78, 5) is 16.2. The highest BCUT2D eigenvalue weighted by Gasteiger charge is 2.21. The van der Waals surface area contributed by atoms with Crippen LogP contribution in [0.4, 0.5) is 4.39 Å². The quantitative estimate of drug-likeness (QED) is 0.676. The zero-order chi connectivity index (χ0) is 17.0. The summed E-state index contributed by atoms with van der Waals surface area (Å²) >= 11 is 1.19. The summed E-state index contributed by atoms with van der Waals surface area (Å²) in [7, 11) is 0. The van der Waals surface area contributed by atoms with E-state index >= 15 is 0 Å². The Hall–Kier alpha value is -2.26. The van der Waals surface area contributed by atoms with E-state index in [1.807, 2.05) is 13.8 Å². The van der Waals surface area contributed by atoms with Crippen molar-refractivity contribution in [3.8, 4) is 18.1 Å². The highest BCUT2D eigenvalue weighted by Crippen LogP contribution is 2.26. The lowest BCUT2D eigenvalue weighted by atomic mass is 10.1. The lowest BCUT2D eigenvalue weighted by Gasteiger charge is -2.18. The highest BCUT2D eigenvalue weighted by atomic mass is 32.2. The molecule has 23 heavy (non-hydrogen) atoms. The maximum Gasteiger partial charge on any atom is 0.271 e. The van der Waals surface area contributed by atoms with Crippen molar-refractivity contribution in [2.45, 2.75) is 25.3 Å². The van der Waals surface area contributed by atoms with Crippen LogP contribution in [0.1, 0.15) is 19.4 Å². The number of benzene rings is 1. The number of carbonyl (C=O) groups excluding carboxylic acids is 1. The summed E-state index contributed by atoms with van der Waals surface area (Å²) in [6.45, 7) is 3.69. The molecule has 0 saturated heterocycles. The Balaban J connectivity index is 2.32. The second kappa shape index (κ2) is 7.34. The van der Waals surface area contributed by atoms with Crippen LogP contribution >= 0.6 is 11.8 Å². The number of aromatic nitrogens is 1. The van der Waals surface area contributed by atoms with E-state index in [2.05, 4.69) is 16.2 Å². The number of thioether (sulfide) groups is 1. The van der Waals surface area contributed by atoms with Crippen LogP contribution in [0, 0.1) is 18.2 Å². The van der Waals surface area contributed by atoms with Crippen LogP contribution in [-0.2, 0) is 4.79 Å². The molecule has 0 aliphatic carbocycles. The third-order valence-corrected chi connectivity index (χ3v) is 3.73. The van der Waals surface area contributed by atoms with E-state index in [1.165, 1.54) is 30.1 Å². The predicted octanol–water partition coefficient (Wildman–Crippen LogP) is 2.95. The molecule has 0 fully saturated rings. The molecule has 1 amide bonds. The van der Waals surface area contributed by atoms with Crippen molar-refractivity contribution in [1.29, 1.82) is 0 Å². The first-order chi connectivity index (χ1) is 10.9. The second-order valence-corrected chi connectivity index (χ2v) is 6.09. The molecule has 1 aromatic carbocycles. The fourth-order valence-electron chi connectivity index (χ4n) is 1.98. The van der Waals surface area contributed by atoms with E-state index in [9.17, 15) is 9.18 Å². The molecule has 2 aromatic rings. The van der Waals surface area contributed by atoms with Gasteiger partial charge in [0.2, 0.25) is 5.44 Å². The number of pyridine rings is 1. The molecule has 6 heteroatoms. The molecular weight excluding hydrogens is 315 g/mol. The summed E-state index contributed by atoms with van der Waals surface area (Å²) in [6, 6.07) is 4.47. The van der Waals surface area contributed by atoms with Crippen LogP contribution in [0.5, 0.6) is 5.75 Å². The Bertz CT molecular complexity index is 771. The zero-order valence-electron chi connectivity index (χ0n) is 13.1. The van der Waals surface area contributed by atoms with Crippen molar-refractivity contribution >= 4 is 28.6 Å². The van der Waals surface area contributed by atoms with Gasteiger partial charge in [0.05, 0.1) is 5.52 Å². The van der Waals surface area contributed by atoms with E-state index in [0.29, 0.717) is 16.5 Å². The van der Waals surface area contributed by atoms with Gasteiger partial charge in [-0.25, -0.2) is 4.39 Å². The molecule has 1 unspecified atom stereocenters. The van der Waals surface area contributed by atoms with Gasteiger partial charge in [-0.05, 0) is 32.2 Å². The molecular formula is C17H17FN2O2S. The predicted molar refractivity (Wildman–Crippen MR) is 90.8 cm³/mol. The van der Waals surface area contributed by atoms with Gasteiger partial charge in [-0.1, -0.05) is 5.92 Å². The zero-order valence-corrected chi connectivity index (χ0v) is 13.9. The Labute approximate surface area is 138 Å². The Morgan fingerprint density at radius 3 is 2.78 bits per heavy atom. The number of rotatable bonds is 5. The lowest BCUT2D eigenvalue weighted by molar-refractivity contribution is -0.125. The van der Waals surface area contributed by atoms with Crippen LogP contribution < -0.4 is 10.1 Å². The fraction of sp³-hybridized carbons (Fsp3) is 0.294. The average Bonchev–Trinajstić information content (AvgIpc) is 2.51. The SMILES string of the molecule is C#Cc1cnc2cc(F)c(OC(SC)C(=O)NC(C)C)cc2c1. The molecule has 0 aliphatic heterocycles.